The average molecular weight is 382 g/mol. The second kappa shape index (κ2) is 7.85. The van der Waals surface area contributed by atoms with E-state index in [4.69, 9.17) is 16.6 Å². The van der Waals surface area contributed by atoms with Crippen LogP contribution < -0.4 is 10.6 Å². The van der Waals surface area contributed by atoms with Crippen LogP contribution in [0.15, 0.2) is 48.5 Å². The molecule has 5 heteroatoms. The molecule has 1 aromatic heterocycles. The first-order valence-electron chi connectivity index (χ1n) is 9.45. The number of benzene rings is 2. The highest BCUT2D eigenvalue weighted by molar-refractivity contribution is 6.30. The number of aromatic nitrogens is 1. The number of nitrogens with one attached hydrogen (secondary N) is 2. The van der Waals surface area contributed by atoms with Gasteiger partial charge in [0.05, 0.1) is 11.6 Å². The van der Waals surface area contributed by atoms with Crippen molar-refractivity contribution in [3.63, 3.8) is 0 Å². The Labute approximate surface area is 164 Å². The molecule has 27 heavy (non-hydrogen) atoms. The quantitative estimate of drug-likeness (QED) is 0.587. The van der Waals surface area contributed by atoms with E-state index < -0.39 is 6.10 Å². The lowest BCUT2D eigenvalue weighted by atomic mass is 9.92. The molecule has 3 N–H and O–H groups in total. The molecular formula is C22H24ClN3O. The van der Waals surface area contributed by atoms with Gasteiger partial charge in [-0.3, -0.25) is 0 Å². The van der Waals surface area contributed by atoms with Gasteiger partial charge in [-0.05, 0) is 74.3 Å². The molecule has 0 spiro atoms. The maximum atomic E-state index is 11.1. The van der Waals surface area contributed by atoms with Crippen molar-refractivity contribution in [2.75, 3.05) is 11.9 Å². The number of pyridine rings is 1. The van der Waals surface area contributed by atoms with Crippen molar-refractivity contribution in [2.45, 2.75) is 38.3 Å². The van der Waals surface area contributed by atoms with Crippen LogP contribution in [0.3, 0.4) is 0 Å². The summed E-state index contributed by atoms with van der Waals surface area (Å²) in [6.45, 7) is 3.02. The minimum Gasteiger partial charge on any atom is -0.387 e. The molecule has 4 rings (SSSR count). The summed E-state index contributed by atoms with van der Waals surface area (Å²) in [5.41, 5.74) is 3.87. The van der Waals surface area contributed by atoms with Crippen molar-refractivity contribution in [3.8, 4) is 0 Å². The second-order valence-corrected chi connectivity index (χ2v) is 7.69. The lowest BCUT2D eigenvalue weighted by Gasteiger charge is -2.29. The number of aliphatic hydroxyl groups excluding tert-OH is 1. The maximum absolute atomic E-state index is 11.1. The van der Waals surface area contributed by atoms with Crippen molar-refractivity contribution in [3.05, 3.63) is 64.7 Å². The summed E-state index contributed by atoms with van der Waals surface area (Å²) < 4.78 is 0. The summed E-state index contributed by atoms with van der Waals surface area (Å²) in [5, 5.41) is 19.6. The molecule has 0 radical (unpaired) electrons. The minimum absolute atomic E-state index is 0.0771. The molecule has 2 atom stereocenters. The Hall–Kier alpha value is -2.14. The van der Waals surface area contributed by atoms with Crippen LogP contribution in [0.5, 0.6) is 0 Å². The fourth-order valence-electron chi connectivity index (χ4n) is 3.72. The lowest BCUT2D eigenvalue weighted by Crippen LogP contribution is -2.38. The van der Waals surface area contributed by atoms with Gasteiger partial charge in [-0.15, -0.1) is 0 Å². The van der Waals surface area contributed by atoms with Gasteiger partial charge in [-0.1, -0.05) is 29.7 Å². The first-order valence-corrected chi connectivity index (χ1v) is 9.83. The minimum atomic E-state index is -0.566. The monoisotopic (exact) mass is 381 g/mol. The molecule has 0 amide bonds. The number of hydrogen-bond acceptors (Lipinski definition) is 4. The van der Waals surface area contributed by atoms with Gasteiger partial charge in [0, 0.05) is 22.1 Å². The largest absolute Gasteiger partial charge is 0.387 e. The third-order valence-electron chi connectivity index (χ3n) is 5.16. The van der Waals surface area contributed by atoms with Crippen LogP contribution in [-0.2, 0) is 0 Å². The normalized spacial score (nSPS) is 18.4. The van der Waals surface area contributed by atoms with Crippen LogP contribution in [0, 0.1) is 6.92 Å². The van der Waals surface area contributed by atoms with Gasteiger partial charge in [0.1, 0.15) is 5.82 Å². The molecule has 2 heterocycles. The Bertz CT molecular complexity index is 936. The van der Waals surface area contributed by atoms with E-state index in [9.17, 15) is 5.11 Å². The van der Waals surface area contributed by atoms with Gasteiger partial charge >= 0.3 is 0 Å². The average Bonchev–Trinajstić information content (AvgIpc) is 2.69. The van der Waals surface area contributed by atoms with E-state index >= 15 is 0 Å². The Morgan fingerprint density at radius 3 is 2.70 bits per heavy atom. The number of hydrogen-bond donors (Lipinski definition) is 3. The van der Waals surface area contributed by atoms with E-state index in [2.05, 4.69) is 29.7 Å². The smallest absolute Gasteiger partial charge is 0.131 e. The van der Waals surface area contributed by atoms with Crippen molar-refractivity contribution in [2.24, 2.45) is 0 Å². The van der Waals surface area contributed by atoms with Gasteiger partial charge in [0.2, 0.25) is 0 Å². The van der Waals surface area contributed by atoms with Crippen molar-refractivity contribution < 1.29 is 5.11 Å². The molecule has 1 fully saturated rings. The molecule has 1 aliphatic rings. The molecule has 1 aliphatic heterocycles. The molecule has 0 saturated carbocycles. The standard InChI is InChI=1S/C22H24ClN3O/c1-14-5-10-19-17(12-14)18(22(27)20-4-2-3-11-24-20)13-21(26-19)25-16-8-6-15(23)7-9-16/h5-10,12-13,20,22,24,27H,2-4,11H2,1H3,(H,25,26)/t20-,22-/m0/s1. The topological polar surface area (TPSA) is 57.2 Å². The van der Waals surface area contributed by atoms with Crippen LogP contribution in [-0.4, -0.2) is 22.7 Å². The zero-order valence-corrected chi connectivity index (χ0v) is 16.1. The highest BCUT2D eigenvalue weighted by Crippen LogP contribution is 2.32. The predicted molar refractivity (Wildman–Crippen MR) is 112 cm³/mol. The third kappa shape index (κ3) is 4.08. The summed E-state index contributed by atoms with van der Waals surface area (Å²) in [5.74, 6) is 0.721. The van der Waals surface area contributed by atoms with Crippen LogP contribution in [0.1, 0.15) is 36.5 Å². The van der Waals surface area contributed by atoms with Crippen molar-refractivity contribution in [1.82, 2.24) is 10.3 Å². The fraction of sp³-hybridized carbons (Fsp3) is 0.318. The van der Waals surface area contributed by atoms with Gasteiger partial charge in [0.15, 0.2) is 0 Å². The van der Waals surface area contributed by atoms with E-state index in [1.54, 1.807) is 0 Å². The van der Waals surface area contributed by atoms with Gasteiger partial charge in [-0.2, -0.15) is 0 Å². The van der Waals surface area contributed by atoms with E-state index in [1.165, 1.54) is 6.42 Å². The van der Waals surface area contributed by atoms with Gasteiger partial charge in [-0.25, -0.2) is 4.98 Å². The van der Waals surface area contributed by atoms with Crippen LogP contribution in [0.4, 0.5) is 11.5 Å². The second-order valence-electron chi connectivity index (χ2n) is 7.25. The number of halogens is 1. The van der Waals surface area contributed by atoms with Crippen LogP contribution in [0.25, 0.3) is 10.9 Å². The number of anilines is 2. The van der Waals surface area contributed by atoms with E-state index in [1.807, 2.05) is 36.4 Å². The van der Waals surface area contributed by atoms with Crippen LogP contribution in [0.2, 0.25) is 5.02 Å². The maximum Gasteiger partial charge on any atom is 0.131 e. The van der Waals surface area contributed by atoms with Crippen LogP contribution >= 0.6 is 11.6 Å². The van der Waals surface area contributed by atoms with Crippen molar-refractivity contribution >= 4 is 34.0 Å². The Morgan fingerprint density at radius 1 is 1.15 bits per heavy atom. The fourth-order valence-corrected chi connectivity index (χ4v) is 3.85. The molecule has 0 aliphatic carbocycles. The lowest BCUT2D eigenvalue weighted by molar-refractivity contribution is 0.115. The number of fused-ring (bicyclic) bond motifs is 1. The summed E-state index contributed by atoms with van der Waals surface area (Å²) in [4.78, 5) is 4.75. The van der Waals surface area contributed by atoms with Crippen molar-refractivity contribution in [1.29, 1.82) is 0 Å². The molecule has 2 aromatic carbocycles. The number of nitrogens with zero attached hydrogens (tertiary/aromatic N) is 1. The van der Waals surface area contributed by atoms with Gasteiger partial charge < -0.3 is 15.7 Å². The first-order chi connectivity index (χ1) is 13.1. The summed E-state index contributed by atoms with van der Waals surface area (Å²) in [6, 6.07) is 15.7. The van der Waals surface area contributed by atoms with E-state index in [0.29, 0.717) is 5.02 Å². The Kier molecular flexibility index (Phi) is 5.30. The summed E-state index contributed by atoms with van der Waals surface area (Å²) in [7, 11) is 0. The number of aliphatic hydroxyl groups is 1. The Morgan fingerprint density at radius 2 is 1.96 bits per heavy atom. The summed E-state index contributed by atoms with van der Waals surface area (Å²) in [6.07, 6.45) is 2.73. The zero-order valence-electron chi connectivity index (χ0n) is 15.4. The highest BCUT2D eigenvalue weighted by atomic mass is 35.5. The molecule has 0 unspecified atom stereocenters. The van der Waals surface area contributed by atoms with E-state index in [0.717, 1.165) is 52.9 Å². The Balaban J connectivity index is 1.74. The first kappa shape index (κ1) is 18.2. The zero-order chi connectivity index (χ0) is 18.8. The van der Waals surface area contributed by atoms with Gasteiger partial charge in [0.25, 0.3) is 0 Å². The number of piperidine rings is 1. The third-order valence-corrected chi connectivity index (χ3v) is 5.41. The molecule has 4 nitrogen and oxygen atoms in total. The number of rotatable bonds is 4. The molecule has 3 aromatic rings. The molecule has 0 bridgehead atoms. The van der Waals surface area contributed by atoms with E-state index in [-0.39, 0.29) is 6.04 Å². The molecule has 1 saturated heterocycles. The summed E-state index contributed by atoms with van der Waals surface area (Å²) >= 11 is 5.98. The molecule has 140 valence electrons. The predicted octanol–water partition coefficient (Wildman–Crippen LogP) is 5.12. The number of aryl methyl sites for hydroxylation is 1. The highest BCUT2D eigenvalue weighted by Gasteiger charge is 2.25. The SMILES string of the molecule is Cc1ccc2nc(Nc3ccc(Cl)cc3)cc([C@H](O)[C@@H]3CCCCN3)c2c1. The molecular weight excluding hydrogens is 358 g/mol.